The quantitative estimate of drug-likeness (QED) is 0.875. The predicted molar refractivity (Wildman–Crippen MR) is 98.1 cm³/mol. The first kappa shape index (κ1) is 16.8. The molecule has 128 valence electrons. The van der Waals surface area contributed by atoms with E-state index in [9.17, 15) is 4.79 Å². The fraction of sp³-hybridized carbons (Fsp3) is 0.389. The maximum absolute atomic E-state index is 12.1. The number of likely N-dealkylation sites (tertiary alicyclic amines) is 1. The molecular weight excluding hydrogens is 322 g/mol. The number of carbonyl (C=O) groups is 1. The molecule has 0 radical (unpaired) electrons. The molecule has 2 heterocycles. The zero-order valence-corrected chi connectivity index (χ0v) is 14.8. The maximum Gasteiger partial charge on any atom is 0.319 e. The van der Waals surface area contributed by atoms with Crippen LogP contribution in [0.3, 0.4) is 0 Å². The van der Waals surface area contributed by atoms with Crippen molar-refractivity contribution in [1.29, 1.82) is 0 Å². The normalized spacial score (nSPS) is 20.8. The number of rotatable bonds is 5. The number of amides is 2. The van der Waals surface area contributed by atoms with Crippen LogP contribution in [0.4, 0.5) is 10.5 Å². The second kappa shape index (κ2) is 7.68. The number of nitrogens with one attached hydrogen (secondary N) is 2. The van der Waals surface area contributed by atoms with Gasteiger partial charge < -0.3 is 20.3 Å². The highest BCUT2D eigenvalue weighted by Gasteiger charge is 2.32. The van der Waals surface area contributed by atoms with E-state index in [-0.39, 0.29) is 6.03 Å². The van der Waals surface area contributed by atoms with Gasteiger partial charge in [0.15, 0.2) is 0 Å². The topological polar surface area (TPSA) is 53.6 Å². The van der Waals surface area contributed by atoms with Crippen molar-refractivity contribution in [3.8, 4) is 5.75 Å². The number of ether oxygens (including phenoxy) is 1. The third kappa shape index (κ3) is 4.07. The molecule has 1 aromatic carbocycles. The van der Waals surface area contributed by atoms with Gasteiger partial charge in [0.05, 0.1) is 7.11 Å². The third-order valence-electron chi connectivity index (χ3n) is 4.40. The Bertz CT molecular complexity index is 657. The molecule has 2 atom stereocenters. The lowest BCUT2D eigenvalue weighted by Gasteiger charge is -2.18. The molecule has 6 heteroatoms. The first-order valence-electron chi connectivity index (χ1n) is 8.06. The first-order valence-corrected chi connectivity index (χ1v) is 8.94. The summed E-state index contributed by atoms with van der Waals surface area (Å²) >= 11 is 1.80. The lowest BCUT2D eigenvalue weighted by Crippen LogP contribution is -2.35. The molecule has 1 aromatic heterocycles. The molecule has 0 spiro atoms. The van der Waals surface area contributed by atoms with E-state index < -0.39 is 0 Å². The fourth-order valence-corrected chi connectivity index (χ4v) is 4.10. The Hall–Kier alpha value is -2.05. The molecule has 1 aliphatic rings. The van der Waals surface area contributed by atoms with Gasteiger partial charge >= 0.3 is 6.03 Å². The number of benzene rings is 1. The molecule has 1 aliphatic heterocycles. The molecule has 0 aliphatic carbocycles. The standard InChI is InChI=1S/C18H23N3O2S/c1-21-11-13(16(12-21)17-4-3-9-24-17)10-19-18(22)20-14-5-7-15(23-2)8-6-14/h3-9,13,16H,10-12H2,1-2H3,(H2,19,20,22)/t13-,16-/m0/s1. The van der Waals surface area contributed by atoms with Crippen molar-refractivity contribution in [1.82, 2.24) is 10.2 Å². The maximum atomic E-state index is 12.1. The van der Waals surface area contributed by atoms with Crippen LogP contribution in [0.1, 0.15) is 10.8 Å². The Balaban J connectivity index is 1.53. The van der Waals surface area contributed by atoms with Gasteiger partial charge in [0.2, 0.25) is 0 Å². The molecule has 2 amide bonds. The van der Waals surface area contributed by atoms with Crippen LogP contribution in [0.15, 0.2) is 41.8 Å². The van der Waals surface area contributed by atoms with E-state index in [1.807, 2.05) is 24.3 Å². The number of nitrogens with zero attached hydrogens (tertiary/aromatic N) is 1. The van der Waals surface area contributed by atoms with Crippen LogP contribution in [0.5, 0.6) is 5.75 Å². The minimum Gasteiger partial charge on any atom is -0.497 e. The number of methoxy groups -OCH3 is 1. The molecule has 2 aromatic rings. The molecule has 0 saturated carbocycles. The number of carbonyl (C=O) groups excluding carboxylic acids is 1. The average molecular weight is 345 g/mol. The van der Waals surface area contributed by atoms with Crippen LogP contribution in [0.25, 0.3) is 0 Å². The number of hydrogen-bond acceptors (Lipinski definition) is 4. The summed E-state index contributed by atoms with van der Waals surface area (Å²) in [5.41, 5.74) is 0.756. The second-order valence-corrected chi connectivity index (χ2v) is 7.15. The number of urea groups is 1. The van der Waals surface area contributed by atoms with Gasteiger partial charge in [0.1, 0.15) is 5.75 Å². The van der Waals surface area contributed by atoms with Crippen LogP contribution in [-0.2, 0) is 0 Å². The van der Waals surface area contributed by atoms with Crippen molar-refractivity contribution < 1.29 is 9.53 Å². The summed E-state index contributed by atoms with van der Waals surface area (Å²) in [4.78, 5) is 15.9. The van der Waals surface area contributed by atoms with E-state index in [4.69, 9.17) is 4.74 Å². The van der Waals surface area contributed by atoms with E-state index in [0.29, 0.717) is 18.4 Å². The summed E-state index contributed by atoms with van der Waals surface area (Å²) in [6, 6.07) is 11.4. The molecule has 3 rings (SSSR count). The lowest BCUT2D eigenvalue weighted by molar-refractivity contribution is 0.249. The summed E-state index contributed by atoms with van der Waals surface area (Å²) in [6.45, 7) is 2.73. The molecule has 5 nitrogen and oxygen atoms in total. The van der Waals surface area contributed by atoms with E-state index >= 15 is 0 Å². The highest BCUT2D eigenvalue weighted by atomic mass is 32.1. The SMILES string of the molecule is COc1ccc(NC(=O)NC[C@H]2CN(C)C[C@@H]2c2cccs2)cc1. The van der Waals surface area contributed by atoms with Crippen LogP contribution >= 0.6 is 11.3 Å². The molecule has 24 heavy (non-hydrogen) atoms. The first-order chi connectivity index (χ1) is 11.7. The summed E-state index contributed by atoms with van der Waals surface area (Å²) < 4.78 is 5.11. The smallest absolute Gasteiger partial charge is 0.319 e. The van der Waals surface area contributed by atoms with Crippen molar-refractivity contribution >= 4 is 23.1 Å². The Morgan fingerprint density at radius 2 is 2.08 bits per heavy atom. The summed E-state index contributed by atoms with van der Waals surface area (Å²) in [5.74, 6) is 1.71. The number of thiophene rings is 1. The summed E-state index contributed by atoms with van der Waals surface area (Å²) in [7, 11) is 3.76. The number of anilines is 1. The fourth-order valence-electron chi connectivity index (χ4n) is 3.19. The highest BCUT2D eigenvalue weighted by Crippen LogP contribution is 2.34. The van der Waals surface area contributed by atoms with Gasteiger partial charge in [-0.3, -0.25) is 0 Å². The van der Waals surface area contributed by atoms with E-state index in [0.717, 1.165) is 24.5 Å². The Labute approximate surface area is 146 Å². The molecule has 1 saturated heterocycles. The van der Waals surface area contributed by atoms with Gasteiger partial charge in [-0.05, 0) is 48.7 Å². The minimum atomic E-state index is -0.167. The monoisotopic (exact) mass is 345 g/mol. The zero-order valence-electron chi connectivity index (χ0n) is 14.0. The molecule has 2 N–H and O–H groups in total. The highest BCUT2D eigenvalue weighted by molar-refractivity contribution is 7.10. The van der Waals surface area contributed by atoms with Crippen molar-refractivity contribution in [3.63, 3.8) is 0 Å². The van der Waals surface area contributed by atoms with Gasteiger partial charge in [-0.2, -0.15) is 0 Å². The molecule has 1 fully saturated rings. The van der Waals surface area contributed by atoms with Gasteiger partial charge in [0.25, 0.3) is 0 Å². The predicted octanol–water partition coefficient (Wildman–Crippen LogP) is 3.22. The van der Waals surface area contributed by atoms with E-state index in [1.165, 1.54) is 4.88 Å². The van der Waals surface area contributed by atoms with Gasteiger partial charge in [-0.15, -0.1) is 11.3 Å². The van der Waals surface area contributed by atoms with Crippen LogP contribution < -0.4 is 15.4 Å². The van der Waals surface area contributed by atoms with Crippen molar-refractivity contribution in [2.75, 3.05) is 39.1 Å². The van der Waals surface area contributed by atoms with Crippen LogP contribution in [0.2, 0.25) is 0 Å². The average Bonchev–Trinajstić information content (AvgIpc) is 3.23. The third-order valence-corrected chi connectivity index (χ3v) is 5.41. The second-order valence-electron chi connectivity index (χ2n) is 6.17. The number of hydrogen-bond donors (Lipinski definition) is 2. The van der Waals surface area contributed by atoms with Crippen LogP contribution in [0, 0.1) is 5.92 Å². The Morgan fingerprint density at radius 3 is 2.75 bits per heavy atom. The summed E-state index contributed by atoms with van der Waals surface area (Å²) in [6.07, 6.45) is 0. The van der Waals surface area contributed by atoms with Crippen molar-refractivity contribution in [3.05, 3.63) is 46.7 Å². The van der Waals surface area contributed by atoms with Gasteiger partial charge in [-0.1, -0.05) is 6.07 Å². The van der Waals surface area contributed by atoms with Gasteiger partial charge in [0, 0.05) is 36.1 Å². The molecular formula is C18H23N3O2S. The van der Waals surface area contributed by atoms with Crippen LogP contribution in [-0.4, -0.2) is 44.7 Å². The van der Waals surface area contributed by atoms with Crippen molar-refractivity contribution in [2.24, 2.45) is 5.92 Å². The largest absolute Gasteiger partial charge is 0.497 e. The van der Waals surface area contributed by atoms with Crippen molar-refractivity contribution in [2.45, 2.75) is 5.92 Å². The van der Waals surface area contributed by atoms with E-state index in [1.54, 1.807) is 18.4 Å². The molecule has 0 bridgehead atoms. The number of likely N-dealkylation sites (N-methyl/N-ethyl adjacent to an activating group) is 1. The lowest BCUT2D eigenvalue weighted by atomic mass is 9.94. The Morgan fingerprint density at radius 1 is 1.29 bits per heavy atom. The Kier molecular flexibility index (Phi) is 5.37. The van der Waals surface area contributed by atoms with Gasteiger partial charge in [-0.25, -0.2) is 4.79 Å². The zero-order chi connectivity index (χ0) is 16.9. The molecule has 0 unspecified atom stereocenters. The summed E-state index contributed by atoms with van der Waals surface area (Å²) in [5, 5.41) is 7.99. The van der Waals surface area contributed by atoms with E-state index in [2.05, 4.69) is 40.1 Å². The minimum absolute atomic E-state index is 0.167.